The van der Waals surface area contributed by atoms with Gasteiger partial charge in [0.2, 0.25) is 0 Å². The highest BCUT2D eigenvalue weighted by Crippen LogP contribution is 2.39. The summed E-state index contributed by atoms with van der Waals surface area (Å²) in [7, 11) is 1.59. The van der Waals surface area contributed by atoms with E-state index in [0.717, 1.165) is 16.9 Å². The third-order valence-electron chi connectivity index (χ3n) is 5.94. The minimum atomic E-state index is -1.25. The van der Waals surface area contributed by atoms with Gasteiger partial charge < -0.3 is 28.4 Å². The molecule has 1 fully saturated rings. The lowest BCUT2D eigenvalue weighted by molar-refractivity contribution is -0.254. The molecular weight excluding hydrogens is 532 g/mol. The van der Waals surface area contributed by atoms with E-state index in [9.17, 15) is 19.2 Å². The van der Waals surface area contributed by atoms with Crippen LogP contribution in [0.5, 0.6) is 5.75 Å². The van der Waals surface area contributed by atoms with Crippen molar-refractivity contribution in [2.75, 3.05) is 13.7 Å². The number of hydrogen-bond donors (Lipinski definition) is 0. The van der Waals surface area contributed by atoms with Crippen molar-refractivity contribution in [1.29, 1.82) is 0 Å². The number of halogens is 1. The molecule has 3 unspecified atom stereocenters. The topological polar surface area (TPSA) is 124 Å². The van der Waals surface area contributed by atoms with Crippen LogP contribution in [0.3, 0.4) is 0 Å². The third-order valence-corrected chi connectivity index (χ3v) is 6.31. The van der Waals surface area contributed by atoms with Gasteiger partial charge in [-0.15, -0.1) is 0 Å². The van der Waals surface area contributed by atoms with Crippen LogP contribution in [-0.2, 0) is 49.3 Å². The molecular formula is C28H31ClO10. The first-order valence-corrected chi connectivity index (χ1v) is 12.6. The quantitative estimate of drug-likeness (QED) is 0.330. The summed E-state index contributed by atoms with van der Waals surface area (Å²) in [5.41, 5.74) is 2.28. The van der Waals surface area contributed by atoms with E-state index in [-0.39, 0.29) is 6.61 Å². The Morgan fingerprint density at radius 3 is 1.95 bits per heavy atom. The van der Waals surface area contributed by atoms with E-state index in [2.05, 4.69) is 0 Å². The van der Waals surface area contributed by atoms with Crippen LogP contribution < -0.4 is 4.74 Å². The van der Waals surface area contributed by atoms with Gasteiger partial charge in [0, 0.05) is 32.7 Å². The maximum Gasteiger partial charge on any atom is 0.303 e. The van der Waals surface area contributed by atoms with E-state index in [4.69, 9.17) is 40.0 Å². The number of ether oxygens (including phenoxy) is 6. The van der Waals surface area contributed by atoms with Gasteiger partial charge in [-0.1, -0.05) is 35.9 Å². The molecule has 1 saturated heterocycles. The number of carbonyl (C=O) groups is 4. The molecule has 0 aliphatic carbocycles. The van der Waals surface area contributed by atoms with Crippen molar-refractivity contribution in [1.82, 2.24) is 0 Å². The van der Waals surface area contributed by atoms with Crippen molar-refractivity contribution >= 4 is 35.5 Å². The fourth-order valence-electron chi connectivity index (χ4n) is 4.37. The van der Waals surface area contributed by atoms with Gasteiger partial charge in [-0.2, -0.15) is 0 Å². The summed E-state index contributed by atoms with van der Waals surface area (Å²) in [5, 5.41) is 0.500. The zero-order chi connectivity index (χ0) is 28.7. The van der Waals surface area contributed by atoms with Crippen molar-refractivity contribution < 1.29 is 47.6 Å². The molecule has 2 aromatic carbocycles. The van der Waals surface area contributed by atoms with Crippen LogP contribution in [0, 0.1) is 0 Å². The normalized spacial score (nSPS) is 22.4. The first-order chi connectivity index (χ1) is 18.5. The monoisotopic (exact) mass is 562 g/mol. The predicted molar refractivity (Wildman–Crippen MR) is 138 cm³/mol. The zero-order valence-corrected chi connectivity index (χ0v) is 23.1. The van der Waals surface area contributed by atoms with Gasteiger partial charge in [0.05, 0.1) is 7.11 Å². The van der Waals surface area contributed by atoms with E-state index in [1.165, 1.54) is 27.7 Å². The summed E-state index contributed by atoms with van der Waals surface area (Å²) < 4.78 is 33.2. The fourth-order valence-corrected chi connectivity index (χ4v) is 4.55. The molecule has 0 N–H and O–H groups in total. The molecule has 0 radical (unpaired) electrons. The lowest BCUT2D eigenvalue weighted by Gasteiger charge is -2.44. The van der Waals surface area contributed by atoms with Crippen molar-refractivity contribution in [2.24, 2.45) is 0 Å². The molecule has 1 heterocycles. The molecule has 2 aromatic rings. The average molecular weight is 563 g/mol. The molecule has 0 bridgehead atoms. The Labute approximate surface area is 231 Å². The second-order valence-corrected chi connectivity index (χ2v) is 9.40. The summed E-state index contributed by atoms with van der Waals surface area (Å²) in [5.74, 6) is -1.93. The van der Waals surface area contributed by atoms with Crippen LogP contribution in [0.2, 0.25) is 5.02 Å². The van der Waals surface area contributed by atoms with Gasteiger partial charge in [-0.05, 0) is 41.3 Å². The van der Waals surface area contributed by atoms with Crippen molar-refractivity contribution in [2.45, 2.75) is 64.6 Å². The summed E-state index contributed by atoms with van der Waals surface area (Å²) >= 11 is 6.52. The van der Waals surface area contributed by atoms with Crippen LogP contribution in [0.1, 0.15) is 50.5 Å². The molecule has 5 atom stereocenters. The highest BCUT2D eigenvalue weighted by molar-refractivity contribution is 6.31. The smallest absolute Gasteiger partial charge is 0.303 e. The van der Waals surface area contributed by atoms with E-state index in [0.29, 0.717) is 17.0 Å². The molecule has 0 amide bonds. The minimum absolute atomic E-state index is 0.305. The predicted octanol–water partition coefficient (Wildman–Crippen LogP) is 3.74. The fraction of sp³-hybridized carbons (Fsp3) is 0.429. The standard InChI is InChI=1S/C28H31ClO10/c1-15(30)35-14-24-26(36-16(2)31)28(38-18(4)33)27(37-17(3)32)25(39-24)20-8-11-23(29)21(13-20)12-19-6-9-22(34-5)10-7-19/h6-11,13,24-28H,12,14H2,1-5H3/t24?,25-,26?,27-,28?/m0/s1. The van der Waals surface area contributed by atoms with Crippen molar-refractivity contribution in [3.8, 4) is 5.75 Å². The molecule has 1 aliphatic rings. The van der Waals surface area contributed by atoms with Crippen molar-refractivity contribution in [3.63, 3.8) is 0 Å². The molecule has 0 spiro atoms. The number of carbonyl (C=O) groups excluding carboxylic acids is 4. The number of methoxy groups -OCH3 is 1. The maximum absolute atomic E-state index is 12.1. The summed E-state index contributed by atoms with van der Waals surface area (Å²) in [6, 6.07) is 12.7. The largest absolute Gasteiger partial charge is 0.497 e. The highest BCUT2D eigenvalue weighted by Gasteiger charge is 2.52. The van der Waals surface area contributed by atoms with E-state index >= 15 is 0 Å². The Bertz CT molecular complexity index is 1200. The zero-order valence-electron chi connectivity index (χ0n) is 22.3. The van der Waals surface area contributed by atoms with Gasteiger partial charge in [-0.25, -0.2) is 0 Å². The van der Waals surface area contributed by atoms with E-state index in [1.807, 2.05) is 24.3 Å². The molecule has 39 heavy (non-hydrogen) atoms. The van der Waals surface area contributed by atoms with Crippen molar-refractivity contribution in [3.05, 3.63) is 64.2 Å². The van der Waals surface area contributed by atoms with Crippen LogP contribution in [-0.4, -0.2) is 62.0 Å². The Morgan fingerprint density at radius 1 is 0.795 bits per heavy atom. The van der Waals surface area contributed by atoms with E-state index < -0.39 is 54.4 Å². The number of rotatable bonds is 9. The second kappa shape index (κ2) is 13.4. The van der Waals surface area contributed by atoms with Crippen LogP contribution in [0.4, 0.5) is 0 Å². The van der Waals surface area contributed by atoms with Gasteiger partial charge in [0.1, 0.15) is 24.6 Å². The van der Waals surface area contributed by atoms with Crippen LogP contribution in [0.25, 0.3) is 0 Å². The second-order valence-electron chi connectivity index (χ2n) is 9.00. The number of hydrogen-bond acceptors (Lipinski definition) is 10. The molecule has 0 saturated carbocycles. The van der Waals surface area contributed by atoms with Gasteiger partial charge >= 0.3 is 23.9 Å². The average Bonchev–Trinajstić information content (AvgIpc) is 2.86. The highest BCUT2D eigenvalue weighted by atomic mass is 35.5. The van der Waals surface area contributed by atoms with Gasteiger partial charge in [-0.3, -0.25) is 19.2 Å². The van der Waals surface area contributed by atoms with Gasteiger partial charge in [0.25, 0.3) is 0 Å². The Hall–Kier alpha value is -3.63. The lowest BCUT2D eigenvalue weighted by atomic mass is 9.89. The summed E-state index contributed by atoms with van der Waals surface area (Å²) in [6.45, 7) is 4.46. The van der Waals surface area contributed by atoms with Gasteiger partial charge in [0.15, 0.2) is 18.3 Å². The Kier molecular flexibility index (Phi) is 10.3. The number of esters is 4. The molecule has 0 aromatic heterocycles. The SMILES string of the molecule is COc1ccc(Cc2cc([C@@H]3OC(COC(C)=O)C(OC(C)=O)C(OC(C)=O)[C@H]3OC(C)=O)ccc2Cl)cc1. The first-order valence-electron chi connectivity index (χ1n) is 12.2. The third kappa shape index (κ3) is 8.18. The summed E-state index contributed by atoms with van der Waals surface area (Å²) in [4.78, 5) is 47.7. The number of benzene rings is 2. The van der Waals surface area contributed by atoms with Crippen LogP contribution >= 0.6 is 11.6 Å². The maximum atomic E-state index is 12.1. The Morgan fingerprint density at radius 2 is 1.38 bits per heavy atom. The molecule has 3 rings (SSSR count). The first kappa shape index (κ1) is 29.9. The minimum Gasteiger partial charge on any atom is -0.497 e. The lowest BCUT2D eigenvalue weighted by Crippen LogP contribution is -2.59. The van der Waals surface area contributed by atoms with E-state index in [1.54, 1.807) is 25.3 Å². The Balaban J connectivity index is 2.05. The molecule has 10 nitrogen and oxygen atoms in total. The molecule has 1 aliphatic heterocycles. The van der Waals surface area contributed by atoms with Crippen LogP contribution in [0.15, 0.2) is 42.5 Å². The summed E-state index contributed by atoms with van der Waals surface area (Å²) in [6.07, 6.45) is -5.23. The molecule has 11 heteroatoms. The molecule has 210 valence electrons.